The molecule has 0 atom stereocenters. The van der Waals surface area contributed by atoms with Crippen LogP contribution in [0.25, 0.3) is 11.4 Å². The Kier molecular flexibility index (Phi) is 6.82. The third kappa shape index (κ3) is 5.24. The van der Waals surface area contributed by atoms with Gasteiger partial charge < -0.3 is 15.4 Å². The van der Waals surface area contributed by atoms with Gasteiger partial charge in [-0.25, -0.2) is 15.0 Å². The number of rotatable bonds is 6. The molecule has 1 amide bonds. The Morgan fingerprint density at radius 2 is 1.81 bits per heavy atom. The molecule has 0 bridgehead atoms. The number of ether oxygens (including phenoxy) is 1. The fourth-order valence-corrected chi connectivity index (χ4v) is 3.42. The molecule has 0 aliphatic carbocycles. The zero-order chi connectivity index (χ0) is 25.9. The van der Waals surface area contributed by atoms with Crippen LogP contribution in [0.1, 0.15) is 27.0 Å². The topological polar surface area (TPSA) is 102 Å². The summed E-state index contributed by atoms with van der Waals surface area (Å²) in [6, 6.07) is 11.8. The molecule has 4 rings (SSSR count). The molecule has 11 heteroatoms. The summed E-state index contributed by atoms with van der Waals surface area (Å²) in [5, 5.41) is 5.40. The highest BCUT2D eigenvalue weighted by Crippen LogP contribution is 2.35. The highest BCUT2D eigenvalue weighted by Gasteiger charge is 2.33. The monoisotopic (exact) mass is 494 g/mol. The minimum absolute atomic E-state index is 0.0695. The number of anilines is 2. The Bertz CT molecular complexity index is 1430. The summed E-state index contributed by atoms with van der Waals surface area (Å²) < 4.78 is 45.8. The average Bonchev–Trinajstić information content (AvgIpc) is 2.86. The van der Waals surface area contributed by atoms with Gasteiger partial charge in [0, 0.05) is 24.5 Å². The molecule has 2 N–H and O–H groups in total. The predicted molar refractivity (Wildman–Crippen MR) is 128 cm³/mol. The molecule has 0 aliphatic rings. The van der Waals surface area contributed by atoms with E-state index >= 15 is 0 Å². The lowest BCUT2D eigenvalue weighted by atomic mass is 10.1. The van der Waals surface area contributed by atoms with Crippen molar-refractivity contribution in [1.82, 2.24) is 19.9 Å². The lowest BCUT2D eigenvalue weighted by Gasteiger charge is -2.15. The number of halogens is 3. The summed E-state index contributed by atoms with van der Waals surface area (Å²) in [7, 11) is 1.68. The van der Waals surface area contributed by atoms with E-state index in [-0.39, 0.29) is 22.7 Å². The first-order chi connectivity index (χ1) is 17.2. The van der Waals surface area contributed by atoms with Gasteiger partial charge in [-0.15, -0.1) is 0 Å². The van der Waals surface area contributed by atoms with Crippen LogP contribution in [0.4, 0.5) is 24.8 Å². The predicted octanol–water partition coefficient (Wildman–Crippen LogP) is 5.66. The minimum atomic E-state index is -4.53. The van der Waals surface area contributed by atoms with E-state index in [0.29, 0.717) is 28.6 Å². The second-order valence-corrected chi connectivity index (χ2v) is 7.75. The molecule has 0 spiro atoms. The van der Waals surface area contributed by atoms with Crippen LogP contribution in [0.15, 0.2) is 61.1 Å². The van der Waals surface area contributed by atoms with Crippen molar-refractivity contribution in [2.75, 3.05) is 17.7 Å². The summed E-state index contributed by atoms with van der Waals surface area (Å²) in [5.41, 5.74) is 0.604. The molecule has 0 fully saturated rings. The number of hydrogen-bond acceptors (Lipinski definition) is 7. The van der Waals surface area contributed by atoms with Crippen LogP contribution in [0.2, 0.25) is 0 Å². The van der Waals surface area contributed by atoms with Crippen molar-refractivity contribution in [3.05, 3.63) is 83.3 Å². The molecule has 0 unspecified atom stereocenters. The molecular weight excluding hydrogens is 473 g/mol. The SMILES string of the molecule is CNc1ncnc(-c2cccnc2Oc2cc(C(=O)Nc3cccc(C(F)(F)F)c3C)ccc2C)n1. The van der Waals surface area contributed by atoms with Crippen molar-refractivity contribution in [2.24, 2.45) is 0 Å². The molecule has 2 heterocycles. The fraction of sp³-hybridized carbons (Fsp3) is 0.160. The lowest BCUT2D eigenvalue weighted by Crippen LogP contribution is -2.15. The van der Waals surface area contributed by atoms with Crippen molar-refractivity contribution in [2.45, 2.75) is 20.0 Å². The van der Waals surface area contributed by atoms with Gasteiger partial charge in [0.25, 0.3) is 5.91 Å². The quantitative estimate of drug-likeness (QED) is 0.357. The average molecular weight is 494 g/mol. The van der Waals surface area contributed by atoms with Gasteiger partial charge in [-0.05, 0) is 61.4 Å². The third-order valence-corrected chi connectivity index (χ3v) is 5.35. The normalized spacial score (nSPS) is 11.2. The molecule has 0 saturated heterocycles. The van der Waals surface area contributed by atoms with Crippen LogP contribution in [0.5, 0.6) is 11.6 Å². The number of amides is 1. The smallest absolute Gasteiger partial charge is 0.416 e. The summed E-state index contributed by atoms with van der Waals surface area (Å²) in [6.45, 7) is 3.10. The fourth-order valence-electron chi connectivity index (χ4n) is 3.42. The van der Waals surface area contributed by atoms with E-state index < -0.39 is 17.6 Å². The number of alkyl halides is 3. The van der Waals surface area contributed by atoms with Gasteiger partial charge in [-0.1, -0.05) is 12.1 Å². The molecule has 2 aromatic heterocycles. The first-order valence-corrected chi connectivity index (χ1v) is 10.8. The van der Waals surface area contributed by atoms with Crippen LogP contribution in [-0.4, -0.2) is 32.9 Å². The van der Waals surface area contributed by atoms with Crippen molar-refractivity contribution < 1.29 is 22.7 Å². The maximum absolute atomic E-state index is 13.2. The Balaban J connectivity index is 1.62. The Morgan fingerprint density at radius 3 is 2.56 bits per heavy atom. The summed E-state index contributed by atoms with van der Waals surface area (Å²) in [5.74, 6) is 0.671. The second-order valence-electron chi connectivity index (χ2n) is 7.75. The van der Waals surface area contributed by atoms with Crippen molar-refractivity contribution in [3.63, 3.8) is 0 Å². The number of benzene rings is 2. The van der Waals surface area contributed by atoms with Gasteiger partial charge >= 0.3 is 6.18 Å². The number of nitrogens with zero attached hydrogens (tertiary/aromatic N) is 4. The number of aryl methyl sites for hydroxylation is 1. The Morgan fingerprint density at radius 1 is 1.00 bits per heavy atom. The molecule has 8 nitrogen and oxygen atoms in total. The number of pyridine rings is 1. The number of nitrogens with one attached hydrogen (secondary N) is 2. The van der Waals surface area contributed by atoms with Gasteiger partial charge in [0.2, 0.25) is 11.8 Å². The van der Waals surface area contributed by atoms with E-state index in [2.05, 4.69) is 30.6 Å². The maximum Gasteiger partial charge on any atom is 0.416 e. The second kappa shape index (κ2) is 9.98. The van der Waals surface area contributed by atoms with E-state index in [1.807, 2.05) is 0 Å². The summed E-state index contributed by atoms with van der Waals surface area (Å²) >= 11 is 0. The lowest BCUT2D eigenvalue weighted by molar-refractivity contribution is -0.138. The highest BCUT2D eigenvalue weighted by molar-refractivity contribution is 6.05. The van der Waals surface area contributed by atoms with Crippen molar-refractivity contribution in [1.29, 1.82) is 0 Å². The number of hydrogen-bond donors (Lipinski definition) is 2. The van der Waals surface area contributed by atoms with E-state index in [1.54, 1.807) is 44.4 Å². The molecule has 0 aliphatic heterocycles. The van der Waals surface area contributed by atoms with E-state index in [4.69, 9.17) is 4.74 Å². The summed E-state index contributed by atoms with van der Waals surface area (Å²) in [6.07, 6.45) is -1.62. The van der Waals surface area contributed by atoms with Crippen LogP contribution in [0.3, 0.4) is 0 Å². The van der Waals surface area contributed by atoms with E-state index in [9.17, 15) is 18.0 Å². The zero-order valence-corrected chi connectivity index (χ0v) is 19.5. The van der Waals surface area contributed by atoms with Gasteiger partial charge in [0.05, 0.1) is 11.1 Å². The molecule has 0 saturated carbocycles. The summed E-state index contributed by atoms with van der Waals surface area (Å²) in [4.78, 5) is 29.7. The van der Waals surface area contributed by atoms with E-state index in [0.717, 1.165) is 6.07 Å². The van der Waals surface area contributed by atoms with Crippen LogP contribution < -0.4 is 15.4 Å². The van der Waals surface area contributed by atoms with Crippen LogP contribution >= 0.6 is 0 Å². The number of aromatic nitrogens is 4. The third-order valence-electron chi connectivity index (χ3n) is 5.35. The zero-order valence-electron chi connectivity index (χ0n) is 19.5. The standard InChI is InChI=1S/C25H21F3N6O2/c1-14-9-10-16(22(35)33-19-8-4-7-18(15(19)2)25(26,27)28)12-20(14)36-23-17(6-5-11-30-23)21-31-13-32-24(29-3)34-21/h4-13H,1-3H3,(H,33,35)(H,29,31,32,34). The minimum Gasteiger partial charge on any atom is -0.438 e. The molecular formula is C25H21F3N6O2. The molecule has 2 aromatic carbocycles. The molecule has 184 valence electrons. The Labute approximate surface area is 204 Å². The van der Waals surface area contributed by atoms with Gasteiger partial charge in [-0.2, -0.15) is 18.2 Å². The molecule has 4 aromatic rings. The van der Waals surface area contributed by atoms with Crippen molar-refractivity contribution >= 4 is 17.5 Å². The molecule has 0 radical (unpaired) electrons. The van der Waals surface area contributed by atoms with E-state index in [1.165, 1.54) is 31.5 Å². The largest absolute Gasteiger partial charge is 0.438 e. The maximum atomic E-state index is 13.2. The number of carbonyl (C=O) groups excluding carboxylic acids is 1. The first-order valence-electron chi connectivity index (χ1n) is 10.8. The highest BCUT2D eigenvalue weighted by atomic mass is 19.4. The molecule has 36 heavy (non-hydrogen) atoms. The van der Waals surface area contributed by atoms with Crippen LogP contribution in [0, 0.1) is 13.8 Å². The van der Waals surface area contributed by atoms with Crippen LogP contribution in [-0.2, 0) is 6.18 Å². The van der Waals surface area contributed by atoms with Crippen molar-refractivity contribution in [3.8, 4) is 23.0 Å². The van der Waals surface area contributed by atoms with Gasteiger partial charge in [-0.3, -0.25) is 4.79 Å². The number of carbonyl (C=O) groups is 1. The first kappa shape index (κ1) is 24.6. The van der Waals surface area contributed by atoms with Gasteiger partial charge in [0.1, 0.15) is 12.1 Å². The Hall–Kier alpha value is -4.54. The van der Waals surface area contributed by atoms with Gasteiger partial charge in [0.15, 0.2) is 5.82 Å².